The molecular formula is C16H26ClFN2. The van der Waals surface area contributed by atoms with E-state index in [0.717, 1.165) is 13.1 Å². The highest BCUT2D eigenvalue weighted by atomic mass is 35.5. The van der Waals surface area contributed by atoms with Crippen molar-refractivity contribution >= 4 is 11.6 Å². The third-order valence-corrected chi connectivity index (χ3v) is 3.53. The molecule has 0 fully saturated rings. The van der Waals surface area contributed by atoms with E-state index in [0.29, 0.717) is 29.0 Å². The molecular weight excluding hydrogens is 275 g/mol. The summed E-state index contributed by atoms with van der Waals surface area (Å²) in [7, 11) is 0. The van der Waals surface area contributed by atoms with Crippen LogP contribution in [0.1, 0.15) is 39.3 Å². The summed E-state index contributed by atoms with van der Waals surface area (Å²) in [4.78, 5) is 2.25. The summed E-state index contributed by atoms with van der Waals surface area (Å²) in [6, 6.07) is 4.64. The fourth-order valence-corrected chi connectivity index (χ4v) is 2.83. The topological polar surface area (TPSA) is 29.3 Å². The van der Waals surface area contributed by atoms with Crippen LogP contribution in [0, 0.1) is 17.7 Å². The van der Waals surface area contributed by atoms with E-state index in [9.17, 15) is 4.39 Å². The Labute approximate surface area is 127 Å². The highest BCUT2D eigenvalue weighted by Crippen LogP contribution is 2.30. The first-order valence-electron chi connectivity index (χ1n) is 7.24. The highest BCUT2D eigenvalue weighted by Gasteiger charge is 2.25. The van der Waals surface area contributed by atoms with Crippen LogP contribution in [-0.2, 0) is 0 Å². The Morgan fingerprint density at radius 3 is 2.10 bits per heavy atom. The van der Waals surface area contributed by atoms with Gasteiger partial charge >= 0.3 is 0 Å². The SMILES string of the molecule is CC(C)CN(CC(C)C)C(CN)c1c(F)cccc1Cl. The van der Waals surface area contributed by atoms with Crippen LogP contribution in [0.25, 0.3) is 0 Å². The molecule has 0 amide bonds. The van der Waals surface area contributed by atoms with E-state index in [1.807, 2.05) is 0 Å². The minimum atomic E-state index is -0.273. The van der Waals surface area contributed by atoms with Crippen molar-refractivity contribution in [1.29, 1.82) is 0 Å². The van der Waals surface area contributed by atoms with Crippen molar-refractivity contribution in [2.24, 2.45) is 17.6 Å². The second-order valence-electron chi connectivity index (χ2n) is 6.13. The number of hydrogen-bond donors (Lipinski definition) is 1. The maximum atomic E-state index is 14.2. The monoisotopic (exact) mass is 300 g/mol. The molecule has 1 aromatic rings. The van der Waals surface area contributed by atoms with Gasteiger partial charge in [0.1, 0.15) is 5.82 Å². The summed E-state index contributed by atoms with van der Waals surface area (Å²) in [6.45, 7) is 10.7. The van der Waals surface area contributed by atoms with E-state index in [1.54, 1.807) is 12.1 Å². The van der Waals surface area contributed by atoms with Gasteiger partial charge in [-0.25, -0.2) is 4.39 Å². The van der Waals surface area contributed by atoms with Gasteiger partial charge in [-0.2, -0.15) is 0 Å². The van der Waals surface area contributed by atoms with Crippen LogP contribution in [0.4, 0.5) is 4.39 Å². The normalized spacial score (nSPS) is 13.5. The summed E-state index contributed by atoms with van der Waals surface area (Å²) in [5, 5.41) is 0.456. The molecule has 1 atom stereocenters. The number of halogens is 2. The molecule has 1 unspecified atom stereocenters. The van der Waals surface area contributed by atoms with Crippen LogP contribution in [0.15, 0.2) is 18.2 Å². The standard InChI is InChI=1S/C16H26ClFN2/c1-11(2)9-20(10-12(3)4)15(8-19)16-13(17)6-5-7-14(16)18/h5-7,11-12,15H,8-10,19H2,1-4H3. The molecule has 0 bridgehead atoms. The fraction of sp³-hybridized carbons (Fsp3) is 0.625. The van der Waals surface area contributed by atoms with Crippen molar-refractivity contribution in [3.8, 4) is 0 Å². The molecule has 0 aliphatic heterocycles. The van der Waals surface area contributed by atoms with Crippen molar-refractivity contribution in [3.63, 3.8) is 0 Å². The molecule has 0 aromatic heterocycles. The van der Waals surface area contributed by atoms with Crippen LogP contribution in [0.5, 0.6) is 0 Å². The van der Waals surface area contributed by atoms with Gasteiger partial charge in [-0.1, -0.05) is 45.4 Å². The van der Waals surface area contributed by atoms with Crippen molar-refractivity contribution in [3.05, 3.63) is 34.6 Å². The maximum absolute atomic E-state index is 14.2. The van der Waals surface area contributed by atoms with Gasteiger partial charge in [0.05, 0.1) is 6.04 Å². The van der Waals surface area contributed by atoms with E-state index in [4.69, 9.17) is 17.3 Å². The van der Waals surface area contributed by atoms with E-state index in [-0.39, 0.29) is 11.9 Å². The molecule has 0 aliphatic carbocycles. The molecule has 2 nitrogen and oxygen atoms in total. The number of nitrogens with zero attached hydrogens (tertiary/aromatic N) is 1. The Kier molecular flexibility index (Phi) is 6.93. The molecule has 4 heteroatoms. The summed E-state index contributed by atoms with van der Waals surface area (Å²) >= 11 is 6.20. The van der Waals surface area contributed by atoms with Crippen LogP contribution in [0.3, 0.4) is 0 Å². The second kappa shape index (κ2) is 7.96. The first-order chi connectivity index (χ1) is 9.36. The average molecular weight is 301 g/mol. The minimum Gasteiger partial charge on any atom is -0.329 e. The lowest BCUT2D eigenvalue weighted by Gasteiger charge is -2.34. The second-order valence-corrected chi connectivity index (χ2v) is 6.54. The molecule has 0 spiro atoms. The summed E-state index contributed by atoms with van der Waals surface area (Å²) in [5.41, 5.74) is 6.45. The number of rotatable bonds is 7. The Balaban J connectivity index is 3.11. The maximum Gasteiger partial charge on any atom is 0.129 e. The molecule has 0 aliphatic rings. The minimum absolute atomic E-state index is 0.173. The van der Waals surface area contributed by atoms with Gasteiger partial charge in [0, 0.05) is 30.2 Å². The zero-order chi connectivity index (χ0) is 15.3. The molecule has 0 heterocycles. The lowest BCUT2D eigenvalue weighted by Crippen LogP contribution is -2.39. The third-order valence-electron chi connectivity index (χ3n) is 3.20. The molecule has 2 N–H and O–H groups in total. The predicted molar refractivity (Wildman–Crippen MR) is 84.5 cm³/mol. The first-order valence-corrected chi connectivity index (χ1v) is 7.62. The van der Waals surface area contributed by atoms with Crippen molar-refractivity contribution in [2.45, 2.75) is 33.7 Å². The van der Waals surface area contributed by atoms with Gasteiger partial charge in [0.15, 0.2) is 0 Å². The molecule has 0 saturated carbocycles. The highest BCUT2D eigenvalue weighted by molar-refractivity contribution is 6.31. The third kappa shape index (κ3) is 4.72. The van der Waals surface area contributed by atoms with Gasteiger partial charge in [-0.15, -0.1) is 0 Å². The molecule has 0 radical (unpaired) electrons. The zero-order valence-electron chi connectivity index (χ0n) is 12.9. The van der Waals surface area contributed by atoms with E-state index in [1.165, 1.54) is 6.07 Å². The van der Waals surface area contributed by atoms with E-state index < -0.39 is 0 Å². The number of nitrogens with two attached hydrogens (primary N) is 1. The summed E-state index contributed by atoms with van der Waals surface area (Å²) in [5.74, 6) is 0.715. The number of hydrogen-bond acceptors (Lipinski definition) is 2. The van der Waals surface area contributed by atoms with Crippen LogP contribution < -0.4 is 5.73 Å². The zero-order valence-corrected chi connectivity index (χ0v) is 13.6. The smallest absolute Gasteiger partial charge is 0.129 e. The lowest BCUT2D eigenvalue weighted by molar-refractivity contribution is 0.157. The molecule has 1 rings (SSSR count). The van der Waals surface area contributed by atoms with Crippen LogP contribution >= 0.6 is 11.6 Å². The molecule has 114 valence electrons. The Morgan fingerprint density at radius 1 is 1.15 bits per heavy atom. The Hall–Kier alpha value is -0.640. The summed E-state index contributed by atoms with van der Waals surface area (Å²) < 4.78 is 14.2. The fourth-order valence-electron chi connectivity index (χ4n) is 2.55. The van der Waals surface area contributed by atoms with Gasteiger partial charge in [0.25, 0.3) is 0 Å². The van der Waals surface area contributed by atoms with Crippen LogP contribution in [-0.4, -0.2) is 24.5 Å². The van der Waals surface area contributed by atoms with Gasteiger partial charge in [-0.3, -0.25) is 4.90 Å². The molecule has 20 heavy (non-hydrogen) atoms. The average Bonchev–Trinajstić information content (AvgIpc) is 2.32. The Bertz CT molecular complexity index is 391. The quantitative estimate of drug-likeness (QED) is 0.821. The molecule has 0 saturated heterocycles. The lowest BCUT2D eigenvalue weighted by atomic mass is 10.0. The van der Waals surface area contributed by atoms with Crippen LogP contribution in [0.2, 0.25) is 5.02 Å². The largest absolute Gasteiger partial charge is 0.329 e. The first kappa shape index (κ1) is 17.4. The summed E-state index contributed by atoms with van der Waals surface area (Å²) in [6.07, 6.45) is 0. The van der Waals surface area contributed by atoms with Gasteiger partial charge in [-0.05, 0) is 24.0 Å². The van der Waals surface area contributed by atoms with Crippen molar-refractivity contribution < 1.29 is 4.39 Å². The van der Waals surface area contributed by atoms with E-state index in [2.05, 4.69) is 32.6 Å². The van der Waals surface area contributed by atoms with E-state index >= 15 is 0 Å². The van der Waals surface area contributed by atoms with Crippen molar-refractivity contribution in [2.75, 3.05) is 19.6 Å². The Morgan fingerprint density at radius 2 is 1.70 bits per heavy atom. The van der Waals surface area contributed by atoms with Gasteiger partial charge < -0.3 is 5.73 Å². The van der Waals surface area contributed by atoms with Gasteiger partial charge in [0.2, 0.25) is 0 Å². The van der Waals surface area contributed by atoms with Crippen molar-refractivity contribution in [1.82, 2.24) is 4.90 Å². The number of benzene rings is 1. The predicted octanol–water partition coefficient (Wildman–Crippen LogP) is 4.09. The molecule has 1 aromatic carbocycles.